The van der Waals surface area contributed by atoms with Crippen LogP contribution in [0.3, 0.4) is 0 Å². The molecule has 0 bridgehead atoms. The zero-order chi connectivity index (χ0) is 18.6. The number of benzene rings is 1. The van der Waals surface area contributed by atoms with Crippen molar-refractivity contribution in [3.05, 3.63) is 23.8 Å². The fraction of sp³-hybridized carbons (Fsp3) is 0.588. The Morgan fingerprint density at radius 1 is 1.35 bits per heavy atom. The van der Waals surface area contributed by atoms with E-state index in [1.54, 1.807) is 19.1 Å². The highest BCUT2D eigenvalue weighted by Gasteiger charge is 2.22. The van der Waals surface area contributed by atoms with Gasteiger partial charge in [0.1, 0.15) is 0 Å². The molecule has 1 atom stereocenters. The smallest absolute Gasteiger partial charge is 0.242 e. The number of likely N-dealkylation sites (N-methyl/N-ethyl adjacent to an activating group) is 1. The summed E-state index contributed by atoms with van der Waals surface area (Å²) in [5, 5.41) is 6.07. The summed E-state index contributed by atoms with van der Waals surface area (Å²) in [6, 6.07) is 5.38. The molecule has 1 unspecified atom stereocenters. The summed E-state index contributed by atoms with van der Waals surface area (Å²) >= 11 is 0. The Bertz CT molecular complexity index is 725. The molecule has 0 aliphatic carbocycles. The van der Waals surface area contributed by atoms with Crippen LogP contribution < -0.4 is 10.6 Å². The highest BCUT2D eigenvalue weighted by atomic mass is 35.5. The fourth-order valence-corrected chi connectivity index (χ4v) is 4.14. The molecule has 0 aromatic heterocycles. The number of anilines is 1. The largest absolute Gasteiger partial charge is 0.325 e. The molecule has 1 aliphatic heterocycles. The average Bonchev–Trinajstić information content (AvgIpc) is 2.56. The maximum atomic E-state index is 12.4. The minimum Gasteiger partial charge on any atom is -0.325 e. The number of hydrogen-bond donors (Lipinski definition) is 2. The van der Waals surface area contributed by atoms with E-state index in [0.717, 1.165) is 25.9 Å². The van der Waals surface area contributed by atoms with Crippen LogP contribution in [0.25, 0.3) is 0 Å². The predicted octanol–water partition coefficient (Wildman–Crippen LogP) is 1.29. The molecule has 0 radical (unpaired) electrons. The van der Waals surface area contributed by atoms with Crippen LogP contribution in [0.15, 0.2) is 23.1 Å². The molecule has 0 spiro atoms. The number of halogens is 1. The minimum atomic E-state index is -3.54. The van der Waals surface area contributed by atoms with Gasteiger partial charge in [0.25, 0.3) is 0 Å². The first kappa shape index (κ1) is 22.9. The molecule has 1 aromatic rings. The van der Waals surface area contributed by atoms with Gasteiger partial charge >= 0.3 is 0 Å². The number of nitrogens with zero attached hydrogens (tertiary/aromatic N) is 2. The molecule has 26 heavy (non-hydrogen) atoms. The Labute approximate surface area is 162 Å². The number of piperidine rings is 1. The van der Waals surface area contributed by atoms with Gasteiger partial charge in [-0.3, -0.25) is 9.69 Å². The van der Waals surface area contributed by atoms with Crippen LogP contribution in [0.1, 0.15) is 18.4 Å². The third-order valence-corrected chi connectivity index (χ3v) is 6.47. The van der Waals surface area contributed by atoms with Gasteiger partial charge in [-0.25, -0.2) is 12.7 Å². The van der Waals surface area contributed by atoms with Crippen LogP contribution in [0.2, 0.25) is 0 Å². The van der Waals surface area contributed by atoms with Crippen LogP contribution in [-0.2, 0) is 14.8 Å². The quantitative estimate of drug-likeness (QED) is 0.746. The maximum Gasteiger partial charge on any atom is 0.242 e. The maximum absolute atomic E-state index is 12.4. The van der Waals surface area contributed by atoms with Crippen molar-refractivity contribution in [1.29, 1.82) is 0 Å². The van der Waals surface area contributed by atoms with Gasteiger partial charge in [0.2, 0.25) is 15.9 Å². The normalized spacial score (nSPS) is 18.4. The standard InChI is InChI=1S/C17H28N4O3S.ClH/c1-13-7-8-14(10-16(13)25(23,24)20(3)4)19-17(22)12-21-9-5-6-15(11-21)18-2;/h7-8,10,15,18H,5-6,9,11-12H2,1-4H3,(H,19,22);1H. The Kier molecular flexibility index (Phi) is 8.49. The van der Waals surface area contributed by atoms with Crippen molar-refractivity contribution in [3.63, 3.8) is 0 Å². The molecule has 1 saturated heterocycles. The van der Waals surface area contributed by atoms with Crippen LogP contribution in [0, 0.1) is 6.92 Å². The van der Waals surface area contributed by atoms with E-state index in [-0.39, 0.29) is 23.2 Å². The van der Waals surface area contributed by atoms with Crippen molar-refractivity contribution >= 4 is 34.0 Å². The second-order valence-electron chi connectivity index (χ2n) is 6.68. The number of carbonyl (C=O) groups excluding carboxylic acids is 1. The molecule has 2 N–H and O–H groups in total. The van der Waals surface area contributed by atoms with E-state index < -0.39 is 10.0 Å². The van der Waals surface area contributed by atoms with Gasteiger partial charge in [-0.15, -0.1) is 12.4 Å². The number of aryl methyl sites for hydroxylation is 1. The van der Waals surface area contributed by atoms with Gasteiger partial charge in [0, 0.05) is 32.4 Å². The number of carbonyl (C=O) groups is 1. The zero-order valence-electron chi connectivity index (χ0n) is 15.8. The number of likely N-dealkylation sites (tertiary alicyclic amines) is 1. The molecule has 1 aliphatic rings. The van der Waals surface area contributed by atoms with Crippen LogP contribution in [-0.4, -0.2) is 70.3 Å². The Morgan fingerprint density at radius 2 is 2.04 bits per heavy atom. The van der Waals surface area contributed by atoms with E-state index in [9.17, 15) is 13.2 Å². The summed E-state index contributed by atoms with van der Waals surface area (Å²) in [5.74, 6) is -0.131. The first-order valence-corrected chi connectivity index (χ1v) is 9.90. The molecular formula is C17H29ClN4O3S. The van der Waals surface area contributed by atoms with Crippen molar-refractivity contribution < 1.29 is 13.2 Å². The van der Waals surface area contributed by atoms with E-state index in [2.05, 4.69) is 15.5 Å². The van der Waals surface area contributed by atoms with Crippen molar-refractivity contribution in [1.82, 2.24) is 14.5 Å². The predicted molar refractivity (Wildman–Crippen MR) is 106 cm³/mol. The van der Waals surface area contributed by atoms with Crippen molar-refractivity contribution in [2.45, 2.75) is 30.7 Å². The summed E-state index contributed by atoms with van der Waals surface area (Å²) < 4.78 is 25.9. The second kappa shape index (κ2) is 9.66. The number of sulfonamides is 1. The summed E-state index contributed by atoms with van der Waals surface area (Å²) in [4.78, 5) is 14.7. The highest BCUT2D eigenvalue weighted by Crippen LogP contribution is 2.22. The Hall–Kier alpha value is -1.19. The SMILES string of the molecule is CNC1CCCN(CC(=O)Nc2ccc(C)c(S(=O)(=O)N(C)C)c2)C1.Cl. The molecule has 1 aromatic carbocycles. The monoisotopic (exact) mass is 404 g/mol. The lowest BCUT2D eigenvalue weighted by molar-refractivity contribution is -0.117. The molecular weight excluding hydrogens is 376 g/mol. The summed E-state index contributed by atoms with van der Waals surface area (Å²) in [6.07, 6.45) is 2.19. The first-order valence-electron chi connectivity index (χ1n) is 8.46. The van der Waals surface area contributed by atoms with Crippen LogP contribution in [0.5, 0.6) is 0 Å². The Morgan fingerprint density at radius 3 is 2.65 bits per heavy atom. The summed E-state index contributed by atoms with van der Waals surface area (Å²) in [6.45, 7) is 3.80. The van der Waals surface area contributed by atoms with Crippen LogP contribution in [0.4, 0.5) is 5.69 Å². The minimum absolute atomic E-state index is 0. The lowest BCUT2D eigenvalue weighted by Gasteiger charge is -2.31. The summed E-state index contributed by atoms with van der Waals surface area (Å²) in [5.41, 5.74) is 1.15. The van der Waals surface area contributed by atoms with Crippen molar-refractivity contribution in [2.75, 3.05) is 46.1 Å². The molecule has 1 heterocycles. The number of amides is 1. The number of nitrogens with one attached hydrogen (secondary N) is 2. The fourth-order valence-electron chi connectivity index (χ4n) is 2.99. The molecule has 0 saturated carbocycles. The topological polar surface area (TPSA) is 81.8 Å². The molecule has 7 nitrogen and oxygen atoms in total. The molecule has 2 rings (SSSR count). The van der Waals surface area contributed by atoms with Gasteiger partial charge in [0.15, 0.2) is 0 Å². The lowest BCUT2D eigenvalue weighted by atomic mass is 10.1. The molecule has 1 fully saturated rings. The summed E-state index contributed by atoms with van der Waals surface area (Å²) in [7, 11) is 1.39. The Balaban J connectivity index is 0.00000338. The van der Waals surface area contributed by atoms with E-state index in [0.29, 0.717) is 23.8 Å². The second-order valence-corrected chi connectivity index (χ2v) is 8.80. The third-order valence-electron chi connectivity index (χ3n) is 4.51. The van der Waals surface area contributed by atoms with Gasteiger partial charge in [0.05, 0.1) is 11.4 Å². The van der Waals surface area contributed by atoms with Crippen LogP contribution >= 0.6 is 12.4 Å². The van der Waals surface area contributed by atoms with Gasteiger partial charge in [-0.05, 0) is 51.1 Å². The molecule has 9 heteroatoms. The zero-order valence-corrected chi connectivity index (χ0v) is 17.4. The van der Waals surface area contributed by atoms with E-state index in [1.165, 1.54) is 24.5 Å². The molecule has 148 valence electrons. The molecule has 1 amide bonds. The van der Waals surface area contributed by atoms with Gasteiger partial charge in [-0.2, -0.15) is 0 Å². The van der Waals surface area contributed by atoms with E-state index >= 15 is 0 Å². The van der Waals surface area contributed by atoms with E-state index in [1.807, 2.05) is 7.05 Å². The van der Waals surface area contributed by atoms with Gasteiger partial charge < -0.3 is 10.6 Å². The first-order chi connectivity index (χ1) is 11.7. The van der Waals surface area contributed by atoms with Crippen molar-refractivity contribution in [2.24, 2.45) is 0 Å². The lowest BCUT2D eigenvalue weighted by Crippen LogP contribution is -2.46. The third kappa shape index (κ3) is 5.65. The van der Waals surface area contributed by atoms with E-state index in [4.69, 9.17) is 0 Å². The van der Waals surface area contributed by atoms with Gasteiger partial charge in [-0.1, -0.05) is 6.07 Å². The number of rotatable bonds is 6. The number of hydrogen-bond acceptors (Lipinski definition) is 5. The van der Waals surface area contributed by atoms with Crippen molar-refractivity contribution in [3.8, 4) is 0 Å². The highest BCUT2D eigenvalue weighted by molar-refractivity contribution is 7.89. The average molecular weight is 405 g/mol.